The lowest BCUT2D eigenvalue weighted by molar-refractivity contribution is -0.127. The van der Waals surface area contributed by atoms with Crippen LogP contribution < -0.4 is 10.9 Å². The van der Waals surface area contributed by atoms with Crippen LogP contribution in [0.3, 0.4) is 0 Å². The highest BCUT2D eigenvalue weighted by Gasteiger charge is 2.22. The summed E-state index contributed by atoms with van der Waals surface area (Å²) in [7, 11) is 0. The molecule has 6 nitrogen and oxygen atoms in total. The summed E-state index contributed by atoms with van der Waals surface area (Å²) in [4.78, 5) is 32.8. The molecule has 3 heterocycles. The molecule has 1 amide bonds. The number of amides is 1. The molecule has 130 valence electrons. The molecule has 0 aromatic carbocycles. The molecule has 0 bridgehead atoms. The van der Waals surface area contributed by atoms with Crippen LogP contribution in [0.15, 0.2) is 53.7 Å². The average molecular weight is 338 g/mol. The van der Waals surface area contributed by atoms with E-state index < -0.39 is 0 Å². The van der Waals surface area contributed by atoms with Gasteiger partial charge in [0.1, 0.15) is 5.69 Å². The topological polar surface area (TPSA) is 78.1 Å². The van der Waals surface area contributed by atoms with Gasteiger partial charge >= 0.3 is 0 Å². The van der Waals surface area contributed by atoms with Gasteiger partial charge in [0.15, 0.2) is 0 Å². The van der Waals surface area contributed by atoms with Gasteiger partial charge in [0.25, 0.3) is 5.56 Å². The zero-order valence-corrected chi connectivity index (χ0v) is 14.2. The van der Waals surface area contributed by atoms with E-state index in [1.165, 1.54) is 0 Å². The molecule has 1 fully saturated rings. The van der Waals surface area contributed by atoms with Crippen LogP contribution in [0, 0.1) is 0 Å². The number of rotatable bonds is 4. The van der Waals surface area contributed by atoms with E-state index in [4.69, 9.17) is 0 Å². The maximum atomic E-state index is 12.2. The molecule has 0 radical (unpaired) electrons. The molecule has 1 saturated heterocycles. The Morgan fingerprint density at radius 3 is 2.92 bits per heavy atom. The van der Waals surface area contributed by atoms with Gasteiger partial charge in [-0.25, -0.2) is 0 Å². The van der Waals surface area contributed by atoms with E-state index in [0.29, 0.717) is 12.2 Å². The van der Waals surface area contributed by atoms with Crippen molar-refractivity contribution in [1.29, 1.82) is 0 Å². The molecule has 6 heteroatoms. The van der Waals surface area contributed by atoms with Gasteiger partial charge in [-0.05, 0) is 49.6 Å². The van der Waals surface area contributed by atoms with Crippen molar-refractivity contribution in [2.75, 3.05) is 18.4 Å². The first-order valence-corrected chi connectivity index (χ1v) is 8.48. The number of nitrogens with one attached hydrogen (secondary N) is 2. The van der Waals surface area contributed by atoms with Gasteiger partial charge in [0.2, 0.25) is 5.91 Å². The van der Waals surface area contributed by atoms with Crippen LogP contribution in [-0.4, -0.2) is 39.9 Å². The van der Waals surface area contributed by atoms with E-state index in [1.54, 1.807) is 30.7 Å². The average Bonchev–Trinajstić information content (AvgIpc) is 2.65. The van der Waals surface area contributed by atoms with Crippen molar-refractivity contribution in [2.24, 2.45) is 0 Å². The summed E-state index contributed by atoms with van der Waals surface area (Å²) in [5, 5.41) is 3.31. The second kappa shape index (κ2) is 7.79. The van der Waals surface area contributed by atoms with Crippen molar-refractivity contribution in [3.05, 3.63) is 59.3 Å². The second-order valence-electron chi connectivity index (χ2n) is 6.13. The highest BCUT2D eigenvalue weighted by atomic mass is 16.2. The monoisotopic (exact) mass is 338 g/mol. The zero-order valence-electron chi connectivity index (χ0n) is 14.2. The van der Waals surface area contributed by atoms with Gasteiger partial charge in [-0.3, -0.25) is 14.6 Å². The number of carbonyl (C=O) groups excluding carboxylic acids is 1. The molecule has 25 heavy (non-hydrogen) atoms. The van der Waals surface area contributed by atoms with Crippen molar-refractivity contribution < 1.29 is 4.79 Å². The van der Waals surface area contributed by atoms with Crippen molar-refractivity contribution in [3.63, 3.8) is 0 Å². The van der Waals surface area contributed by atoms with Crippen LogP contribution >= 0.6 is 0 Å². The third-order valence-corrected chi connectivity index (χ3v) is 4.32. The molecule has 0 saturated carbocycles. The minimum atomic E-state index is -0.158. The molecular weight excluding hydrogens is 316 g/mol. The minimum absolute atomic E-state index is 0.0217. The van der Waals surface area contributed by atoms with Gasteiger partial charge in [-0.2, -0.15) is 0 Å². The number of piperidine rings is 1. The third-order valence-electron chi connectivity index (χ3n) is 4.32. The lowest BCUT2D eigenvalue weighted by Gasteiger charge is -2.33. The number of anilines is 1. The summed E-state index contributed by atoms with van der Waals surface area (Å²) in [5.41, 5.74) is 2.28. The number of hydrogen-bond donors (Lipinski definition) is 2. The summed E-state index contributed by atoms with van der Waals surface area (Å²) >= 11 is 0. The Morgan fingerprint density at radius 1 is 1.36 bits per heavy atom. The Balaban J connectivity index is 1.76. The van der Waals surface area contributed by atoms with E-state index in [-0.39, 0.29) is 17.5 Å². The fourth-order valence-corrected chi connectivity index (χ4v) is 3.07. The molecule has 0 spiro atoms. The molecule has 1 atom stereocenters. The molecule has 2 aromatic rings. The molecule has 3 rings (SSSR count). The van der Waals surface area contributed by atoms with Crippen LogP contribution in [0.4, 0.5) is 5.69 Å². The first-order valence-electron chi connectivity index (χ1n) is 8.48. The molecule has 2 N–H and O–H groups in total. The number of carbonyl (C=O) groups is 1. The molecule has 2 aromatic heterocycles. The smallest absolute Gasteiger partial charge is 0.271 e. The Hall–Kier alpha value is -2.89. The summed E-state index contributed by atoms with van der Waals surface area (Å²) in [6, 6.07) is 5.71. The lowest BCUT2D eigenvalue weighted by atomic mass is 10.0. The largest absolute Gasteiger partial charge is 0.376 e. The predicted octanol–water partition coefficient (Wildman–Crippen LogP) is 2.42. The van der Waals surface area contributed by atoms with E-state index in [1.807, 2.05) is 30.0 Å². The fourth-order valence-electron chi connectivity index (χ4n) is 3.07. The van der Waals surface area contributed by atoms with E-state index in [9.17, 15) is 9.59 Å². The Bertz CT molecular complexity index is 814. The maximum Gasteiger partial charge on any atom is 0.271 e. The molecule has 1 aliphatic heterocycles. The summed E-state index contributed by atoms with van der Waals surface area (Å²) in [6.07, 6.45) is 10.3. The predicted molar refractivity (Wildman–Crippen MR) is 98.3 cm³/mol. The third kappa shape index (κ3) is 4.15. The molecule has 0 unspecified atom stereocenters. The number of likely N-dealkylation sites (tertiary alicyclic amines) is 1. The van der Waals surface area contributed by atoms with Gasteiger partial charge in [0, 0.05) is 43.3 Å². The standard InChI is InChI=1S/C19H22N4O2/c1-2-4-18(24)23-10-3-5-16(13-23)22-17-11-15(12-21-19(17)25)14-6-8-20-9-7-14/h2,4,6-9,11-12,16,22H,3,5,10,13H2,1H3,(H,21,25)/b4-2+/t16-/m1/s1. The first-order chi connectivity index (χ1) is 12.2. The van der Waals surface area contributed by atoms with Crippen LogP contribution in [0.25, 0.3) is 11.1 Å². The van der Waals surface area contributed by atoms with Gasteiger partial charge in [-0.1, -0.05) is 6.08 Å². The highest BCUT2D eigenvalue weighted by molar-refractivity contribution is 5.87. The number of allylic oxidation sites excluding steroid dienone is 1. The number of hydrogen-bond acceptors (Lipinski definition) is 4. The SMILES string of the molecule is C/C=C/C(=O)N1CCC[C@@H](Nc2cc(-c3ccncc3)c[nH]c2=O)C1. The first kappa shape index (κ1) is 17.0. The van der Waals surface area contributed by atoms with E-state index >= 15 is 0 Å². The zero-order chi connectivity index (χ0) is 17.6. The van der Waals surface area contributed by atoms with E-state index in [2.05, 4.69) is 15.3 Å². The Morgan fingerprint density at radius 2 is 2.16 bits per heavy atom. The quantitative estimate of drug-likeness (QED) is 0.839. The van der Waals surface area contributed by atoms with Crippen molar-refractivity contribution in [2.45, 2.75) is 25.8 Å². The maximum absolute atomic E-state index is 12.2. The lowest BCUT2D eigenvalue weighted by Crippen LogP contribution is -2.45. The summed E-state index contributed by atoms with van der Waals surface area (Å²) < 4.78 is 0. The summed E-state index contributed by atoms with van der Waals surface area (Å²) in [6.45, 7) is 3.19. The van der Waals surface area contributed by atoms with Gasteiger partial charge < -0.3 is 15.2 Å². The van der Waals surface area contributed by atoms with E-state index in [0.717, 1.165) is 30.5 Å². The number of aromatic nitrogens is 2. The van der Waals surface area contributed by atoms with Crippen LogP contribution in [0.1, 0.15) is 19.8 Å². The fraction of sp³-hybridized carbons (Fsp3) is 0.316. The Kier molecular flexibility index (Phi) is 5.28. The number of H-pyrrole nitrogens is 1. The minimum Gasteiger partial charge on any atom is -0.376 e. The highest BCUT2D eigenvalue weighted by Crippen LogP contribution is 2.20. The molecular formula is C19H22N4O2. The number of nitrogens with zero attached hydrogens (tertiary/aromatic N) is 2. The van der Waals surface area contributed by atoms with Gasteiger partial charge in [0.05, 0.1) is 0 Å². The normalized spacial score (nSPS) is 17.6. The van der Waals surface area contributed by atoms with Gasteiger partial charge in [-0.15, -0.1) is 0 Å². The van der Waals surface area contributed by atoms with Crippen LogP contribution in [0.5, 0.6) is 0 Å². The van der Waals surface area contributed by atoms with Crippen molar-refractivity contribution in [3.8, 4) is 11.1 Å². The summed E-state index contributed by atoms with van der Waals surface area (Å²) in [5.74, 6) is 0.0217. The number of pyridine rings is 2. The second-order valence-corrected chi connectivity index (χ2v) is 6.13. The van der Waals surface area contributed by atoms with Crippen LogP contribution in [-0.2, 0) is 4.79 Å². The molecule has 0 aliphatic carbocycles. The van der Waals surface area contributed by atoms with Crippen molar-refractivity contribution in [1.82, 2.24) is 14.9 Å². The van der Waals surface area contributed by atoms with Crippen LogP contribution in [0.2, 0.25) is 0 Å². The van der Waals surface area contributed by atoms with Crippen molar-refractivity contribution >= 4 is 11.6 Å². The number of aromatic amines is 1. The Labute approximate surface area is 146 Å². The molecule has 1 aliphatic rings.